The summed E-state index contributed by atoms with van der Waals surface area (Å²) >= 11 is 0. The van der Waals surface area contributed by atoms with E-state index in [1.807, 2.05) is 6.92 Å². The summed E-state index contributed by atoms with van der Waals surface area (Å²) in [6.07, 6.45) is 3.50. The smallest absolute Gasteiger partial charge is 0.326 e. The van der Waals surface area contributed by atoms with E-state index in [1.54, 1.807) is 6.92 Å². The van der Waals surface area contributed by atoms with Crippen LogP contribution in [0.4, 0.5) is 0 Å². The van der Waals surface area contributed by atoms with Crippen LogP contribution in [0.1, 0.15) is 46.0 Å². The Hall–Kier alpha value is -1.63. The van der Waals surface area contributed by atoms with Crippen LogP contribution in [-0.2, 0) is 14.4 Å². The molecule has 0 spiro atoms. The van der Waals surface area contributed by atoms with E-state index >= 15 is 0 Å². The van der Waals surface area contributed by atoms with Crippen LogP contribution < -0.4 is 11.1 Å². The van der Waals surface area contributed by atoms with E-state index in [1.165, 1.54) is 4.90 Å². The normalized spacial score (nSPS) is 20.9. The van der Waals surface area contributed by atoms with Crippen LogP contribution >= 0.6 is 0 Å². The minimum absolute atomic E-state index is 0.365. The minimum Gasteiger partial charge on any atom is -0.480 e. The average Bonchev–Trinajstić information content (AvgIpc) is 2.93. The summed E-state index contributed by atoms with van der Waals surface area (Å²) in [5.74, 6) is -1.73. The van der Waals surface area contributed by atoms with Crippen LogP contribution in [-0.4, -0.2) is 52.5 Å². The maximum absolute atomic E-state index is 12.2. The SMILES string of the molecule is CCCC[C@H](N)C(=O)N[C@@H](C)C(=O)N1CCC[C@@H]1C(=O)O. The predicted molar refractivity (Wildman–Crippen MR) is 77.5 cm³/mol. The van der Waals surface area contributed by atoms with E-state index in [0.29, 0.717) is 25.8 Å². The summed E-state index contributed by atoms with van der Waals surface area (Å²) in [7, 11) is 0. The number of carboxylic acid groups (broad SMARTS) is 1. The number of nitrogens with one attached hydrogen (secondary N) is 1. The van der Waals surface area contributed by atoms with Crippen molar-refractivity contribution in [3.63, 3.8) is 0 Å². The minimum atomic E-state index is -1.00. The number of hydrogen-bond acceptors (Lipinski definition) is 4. The lowest BCUT2D eigenvalue weighted by Gasteiger charge is -2.26. The number of nitrogens with two attached hydrogens (primary N) is 1. The molecule has 1 saturated heterocycles. The molecule has 3 atom stereocenters. The van der Waals surface area contributed by atoms with Crippen LogP contribution in [0, 0.1) is 0 Å². The van der Waals surface area contributed by atoms with Crippen molar-refractivity contribution in [3.8, 4) is 0 Å². The van der Waals surface area contributed by atoms with Crippen LogP contribution in [0.2, 0.25) is 0 Å². The Kier molecular flexibility index (Phi) is 6.61. The number of hydrogen-bond donors (Lipinski definition) is 3. The molecule has 1 aliphatic rings. The lowest BCUT2D eigenvalue weighted by molar-refractivity contribution is -0.149. The summed E-state index contributed by atoms with van der Waals surface area (Å²) in [5, 5.41) is 11.7. The van der Waals surface area contributed by atoms with Crippen LogP contribution in [0.15, 0.2) is 0 Å². The van der Waals surface area contributed by atoms with Gasteiger partial charge in [0.15, 0.2) is 0 Å². The highest BCUT2D eigenvalue weighted by Gasteiger charge is 2.36. The van der Waals surface area contributed by atoms with Crippen LogP contribution in [0.3, 0.4) is 0 Å². The van der Waals surface area contributed by atoms with Crippen LogP contribution in [0.25, 0.3) is 0 Å². The maximum atomic E-state index is 12.2. The molecule has 0 aromatic heterocycles. The van der Waals surface area contributed by atoms with Crippen molar-refractivity contribution in [1.29, 1.82) is 0 Å². The van der Waals surface area contributed by atoms with Gasteiger partial charge in [0.25, 0.3) is 0 Å². The van der Waals surface area contributed by atoms with Crippen molar-refractivity contribution < 1.29 is 19.5 Å². The van der Waals surface area contributed by atoms with Crippen molar-refractivity contribution in [2.24, 2.45) is 5.73 Å². The average molecular weight is 299 g/mol. The first-order valence-corrected chi connectivity index (χ1v) is 7.47. The third-order valence-electron chi connectivity index (χ3n) is 3.76. The molecule has 1 aliphatic heterocycles. The number of aliphatic carboxylic acids is 1. The summed E-state index contributed by atoms with van der Waals surface area (Å²) in [5.41, 5.74) is 5.75. The number of unbranched alkanes of at least 4 members (excludes halogenated alkanes) is 1. The molecule has 2 amide bonds. The third-order valence-corrected chi connectivity index (χ3v) is 3.76. The number of likely N-dealkylation sites (tertiary alicyclic amines) is 1. The molecule has 7 nitrogen and oxygen atoms in total. The zero-order chi connectivity index (χ0) is 16.0. The zero-order valence-electron chi connectivity index (χ0n) is 12.7. The third kappa shape index (κ3) is 4.70. The molecule has 1 rings (SSSR count). The van der Waals surface area contributed by atoms with Gasteiger partial charge in [0, 0.05) is 6.54 Å². The number of rotatable bonds is 7. The quantitative estimate of drug-likeness (QED) is 0.616. The molecular weight excluding hydrogens is 274 g/mol. The van der Waals surface area contributed by atoms with Gasteiger partial charge in [-0.15, -0.1) is 0 Å². The number of carboxylic acids is 1. The van der Waals surface area contributed by atoms with Gasteiger partial charge >= 0.3 is 5.97 Å². The predicted octanol–water partition coefficient (Wildman–Crippen LogP) is 0.0842. The first-order valence-electron chi connectivity index (χ1n) is 7.47. The fourth-order valence-corrected chi connectivity index (χ4v) is 2.47. The fourth-order valence-electron chi connectivity index (χ4n) is 2.47. The van der Waals surface area contributed by atoms with Gasteiger partial charge in [0.05, 0.1) is 6.04 Å². The standard InChI is InChI=1S/C14H25N3O4/c1-3-4-6-10(15)12(18)16-9(2)13(19)17-8-5-7-11(17)14(20)21/h9-11H,3-8,15H2,1-2H3,(H,16,18)(H,20,21)/t9-,10-,11+/m0/s1. The van der Waals surface area contributed by atoms with E-state index < -0.39 is 24.1 Å². The van der Waals surface area contributed by atoms with Crippen molar-refractivity contribution in [2.75, 3.05) is 6.54 Å². The molecule has 21 heavy (non-hydrogen) atoms. The van der Waals surface area contributed by atoms with E-state index in [-0.39, 0.29) is 11.8 Å². The topological polar surface area (TPSA) is 113 Å². The van der Waals surface area contributed by atoms with Crippen LogP contribution in [0.5, 0.6) is 0 Å². The highest BCUT2D eigenvalue weighted by Crippen LogP contribution is 2.18. The Morgan fingerprint density at radius 2 is 2.10 bits per heavy atom. The molecule has 4 N–H and O–H groups in total. The molecule has 0 unspecified atom stereocenters. The van der Waals surface area contributed by atoms with E-state index in [2.05, 4.69) is 5.32 Å². The Bertz CT molecular complexity index is 400. The van der Waals surface area contributed by atoms with Gasteiger partial charge in [0.2, 0.25) is 11.8 Å². The van der Waals surface area contributed by atoms with E-state index in [0.717, 1.165) is 12.8 Å². The largest absolute Gasteiger partial charge is 0.480 e. The molecule has 0 aromatic carbocycles. The Labute approximate surface area is 124 Å². The number of nitrogens with zero attached hydrogens (tertiary/aromatic N) is 1. The first-order chi connectivity index (χ1) is 9.88. The van der Waals surface area contributed by atoms with Gasteiger partial charge in [0.1, 0.15) is 12.1 Å². The molecule has 0 saturated carbocycles. The molecule has 1 fully saturated rings. The highest BCUT2D eigenvalue weighted by molar-refractivity contribution is 5.91. The second kappa shape index (κ2) is 7.97. The molecule has 7 heteroatoms. The van der Waals surface area contributed by atoms with Crippen molar-refractivity contribution in [3.05, 3.63) is 0 Å². The van der Waals surface area contributed by atoms with Crippen molar-refractivity contribution >= 4 is 17.8 Å². The molecule has 0 radical (unpaired) electrons. The van der Waals surface area contributed by atoms with E-state index in [4.69, 9.17) is 10.8 Å². The van der Waals surface area contributed by atoms with Gasteiger partial charge in [-0.25, -0.2) is 4.79 Å². The highest BCUT2D eigenvalue weighted by atomic mass is 16.4. The summed E-state index contributed by atoms with van der Waals surface area (Å²) < 4.78 is 0. The molecule has 0 aliphatic carbocycles. The summed E-state index contributed by atoms with van der Waals surface area (Å²) in [4.78, 5) is 36.5. The van der Waals surface area contributed by atoms with Crippen molar-refractivity contribution in [2.45, 2.75) is 64.1 Å². The zero-order valence-corrected chi connectivity index (χ0v) is 12.7. The first kappa shape index (κ1) is 17.4. The monoisotopic (exact) mass is 299 g/mol. The summed E-state index contributed by atoms with van der Waals surface area (Å²) in [6, 6.07) is -2.18. The fraction of sp³-hybridized carbons (Fsp3) is 0.786. The molecule has 120 valence electrons. The van der Waals surface area contributed by atoms with Gasteiger partial charge in [-0.2, -0.15) is 0 Å². The lowest BCUT2D eigenvalue weighted by Crippen LogP contribution is -2.53. The lowest BCUT2D eigenvalue weighted by atomic mass is 10.1. The second-order valence-electron chi connectivity index (χ2n) is 5.51. The molecule has 0 bridgehead atoms. The summed E-state index contributed by atoms with van der Waals surface area (Å²) in [6.45, 7) is 3.98. The maximum Gasteiger partial charge on any atom is 0.326 e. The Morgan fingerprint density at radius 1 is 1.43 bits per heavy atom. The number of carbonyl (C=O) groups excluding carboxylic acids is 2. The Balaban J connectivity index is 2.54. The van der Waals surface area contributed by atoms with E-state index in [9.17, 15) is 14.4 Å². The Morgan fingerprint density at radius 3 is 2.67 bits per heavy atom. The van der Waals surface area contributed by atoms with Gasteiger partial charge in [-0.3, -0.25) is 9.59 Å². The van der Waals surface area contributed by atoms with Gasteiger partial charge in [-0.05, 0) is 26.2 Å². The van der Waals surface area contributed by atoms with Gasteiger partial charge < -0.3 is 21.1 Å². The number of carbonyl (C=O) groups is 3. The van der Waals surface area contributed by atoms with Gasteiger partial charge in [-0.1, -0.05) is 19.8 Å². The molecule has 0 aromatic rings. The second-order valence-corrected chi connectivity index (χ2v) is 5.51. The molecule has 1 heterocycles. The molecular formula is C14H25N3O4. The number of amides is 2. The van der Waals surface area contributed by atoms with Crippen molar-refractivity contribution in [1.82, 2.24) is 10.2 Å².